The molecule has 0 bridgehead atoms. The van der Waals surface area contributed by atoms with Gasteiger partial charge in [0, 0.05) is 37.4 Å². The molecule has 156 valence electrons. The summed E-state index contributed by atoms with van der Waals surface area (Å²) in [6.07, 6.45) is 0. The van der Waals surface area contributed by atoms with E-state index in [1.54, 1.807) is 24.3 Å². The molecule has 6 nitrogen and oxygen atoms in total. The van der Waals surface area contributed by atoms with Gasteiger partial charge in [-0.1, -0.05) is 0 Å². The zero-order chi connectivity index (χ0) is 20.8. The number of phenolic OH excluding ortho intramolecular Hbond substituents is 1. The number of hydrogen-bond donors (Lipinski definition) is 2. The minimum atomic E-state index is -2.83. The minimum Gasteiger partial charge on any atom is -0.508 e. The predicted octanol–water partition coefficient (Wildman–Crippen LogP) is 1.36. The number of quaternary nitrogens is 1. The van der Waals surface area contributed by atoms with Crippen molar-refractivity contribution in [3.63, 3.8) is 0 Å². The Morgan fingerprint density at radius 2 is 1.69 bits per heavy atom. The summed E-state index contributed by atoms with van der Waals surface area (Å²) in [5, 5.41) is 9.40. The maximum Gasteiger partial charge on any atom is 0.387 e. The molecule has 2 N–H and O–H groups in total. The van der Waals surface area contributed by atoms with E-state index in [4.69, 9.17) is 0 Å². The molecule has 29 heavy (non-hydrogen) atoms. The van der Waals surface area contributed by atoms with Crippen molar-refractivity contribution in [1.29, 1.82) is 0 Å². The number of aromatic hydroxyl groups is 1. The van der Waals surface area contributed by atoms with E-state index in [0.29, 0.717) is 26.2 Å². The van der Waals surface area contributed by atoms with Crippen LogP contribution in [0.4, 0.5) is 14.5 Å². The monoisotopic (exact) mass is 406 g/mol. The van der Waals surface area contributed by atoms with Crippen LogP contribution in [0.25, 0.3) is 0 Å². The number of carbonyl (C=O) groups excluding carboxylic acids is 1. The second-order valence-corrected chi connectivity index (χ2v) is 7.22. The maximum absolute atomic E-state index is 12.6. The first-order valence-electron chi connectivity index (χ1n) is 9.57. The summed E-state index contributed by atoms with van der Waals surface area (Å²) in [5.74, 6) is 0.472. The van der Waals surface area contributed by atoms with Crippen LogP contribution in [0, 0.1) is 0 Å². The summed E-state index contributed by atoms with van der Waals surface area (Å²) in [6, 6.07) is 13.6. The fourth-order valence-electron chi connectivity index (χ4n) is 3.45. The number of anilines is 1. The molecular formula is C21H26F2N3O3+. The summed E-state index contributed by atoms with van der Waals surface area (Å²) in [5.41, 5.74) is 1.99. The van der Waals surface area contributed by atoms with Crippen molar-refractivity contribution < 1.29 is 28.3 Å². The van der Waals surface area contributed by atoms with Crippen molar-refractivity contribution in [1.82, 2.24) is 4.90 Å². The number of phenols is 1. The maximum atomic E-state index is 12.6. The number of hydrogen-bond acceptors (Lipinski definition) is 4. The molecule has 1 unspecified atom stereocenters. The smallest absolute Gasteiger partial charge is 0.387 e. The Kier molecular flexibility index (Phi) is 6.87. The Bertz CT molecular complexity index is 792. The third-order valence-electron chi connectivity index (χ3n) is 4.95. The molecule has 3 rings (SSSR count). The first-order valence-corrected chi connectivity index (χ1v) is 9.57. The third kappa shape index (κ3) is 6.05. The zero-order valence-corrected chi connectivity index (χ0v) is 16.4. The summed E-state index contributed by atoms with van der Waals surface area (Å²) in [6.45, 7) is 0.978. The topological polar surface area (TPSA) is 57.5 Å². The molecule has 2 aromatic rings. The van der Waals surface area contributed by atoms with Crippen molar-refractivity contribution in [2.45, 2.75) is 13.2 Å². The zero-order valence-electron chi connectivity index (χ0n) is 16.4. The highest BCUT2D eigenvalue weighted by molar-refractivity contribution is 5.77. The van der Waals surface area contributed by atoms with Crippen LogP contribution in [-0.2, 0) is 11.3 Å². The van der Waals surface area contributed by atoms with Crippen LogP contribution in [0.3, 0.4) is 0 Å². The van der Waals surface area contributed by atoms with Crippen molar-refractivity contribution in [3.8, 4) is 11.5 Å². The van der Waals surface area contributed by atoms with Gasteiger partial charge in [-0.15, -0.1) is 0 Å². The van der Waals surface area contributed by atoms with Crippen LogP contribution >= 0.6 is 0 Å². The fourth-order valence-corrected chi connectivity index (χ4v) is 3.45. The van der Waals surface area contributed by atoms with Crippen molar-refractivity contribution in [2.75, 3.05) is 44.7 Å². The van der Waals surface area contributed by atoms with Gasteiger partial charge in [-0.05, 0) is 48.5 Å². The second kappa shape index (κ2) is 9.56. The molecule has 2 aromatic carbocycles. The van der Waals surface area contributed by atoms with Crippen molar-refractivity contribution in [3.05, 3.63) is 54.1 Å². The molecular weight excluding hydrogens is 380 g/mol. The van der Waals surface area contributed by atoms with Gasteiger partial charge >= 0.3 is 6.61 Å². The van der Waals surface area contributed by atoms with Crippen LogP contribution in [-0.4, -0.2) is 62.3 Å². The Morgan fingerprint density at radius 1 is 1.07 bits per heavy atom. The predicted molar refractivity (Wildman–Crippen MR) is 105 cm³/mol. The van der Waals surface area contributed by atoms with Gasteiger partial charge in [0.15, 0.2) is 6.54 Å². The van der Waals surface area contributed by atoms with Crippen LogP contribution < -0.4 is 14.5 Å². The number of benzene rings is 2. The van der Waals surface area contributed by atoms with E-state index >= 15 is 0 Å². The van der Waals surface area contributed by atoms with Gasteiger partial charge in [0.2, 0.25) is 0 Å². The molecule has 1 amide bonds. The van der Waals surface area contributed by atoms with Crippen LogP contribution in [0.5, 0.6) is 11.5 Å². The first-order chi connectivity index (χ1) is 13.9. The number of alkyl halides is 2. The van der Waals surface area contributed by atoms with E-state index in [-0.39, 0.29) is 17.4 Å². The van der Waals surface area contributed by atoms with E-state index in [0.717, 1.165) is 29.2 Å². The fraction of sp³-hybridized carbons (Fsp3) is 0.381. The van der Waals surface area contributed by atoms with E-state index < -0.39 is 6.61 Å². The van der Waals surface area contributed by atoms with Gasteiger partial charge in [0.25, 0.3) is 5.91 Å². The SMILES string of the molecule is C[NH+](CC(=O)N1CCN(c2ccc(O)cc2)CC1)Cc1ccc(OC(F)F)cc1. The van der Waals surface area contributed by atoms with E-state index in [1.165, 1.54) is 12.1 Å². The third-order valence-corrected chi connectivity index (χ3v) is 4.95. The number of carbonyl (C=O) groups is 1. The molecule has 0 radical (unpaired) electrons. The number of rotatable bonds is 7. The molecule has 0 saturated carbocycles. The Labute approximate surface area is 168 Å². The molecule has 0 spiro atoms. The van der Waals surface area contributed by atoms with Crippen molar-refractivity contribution in [2.24, 2.45) is 0 Å². The molecule has 0 aliphatic carbocycles. The standard InChI is InChI=1S/C21H25F2N3O3/c1-24(14-16-2-8-19(9-3-16)29-21(22)23)15-20(28)26-12-10-25(11-13-26)17-4-6-18(27)7-5-17/h2-9,21,27H,10-15H2,1H3/p+1. The highest BCUT2D eigenvalue weighted by atomic mass is 19.3. The number of halogens is 2. The lowest BCUT2D eigenvalue weighted by Crippen LogP contribution is -3.09. The first kappa shape index (κ1) is 20.9. The van der Waals surface area contributed by atoms with Gasteiger partial charge in [-0.25, -0.2) is 0 Å². The Hall–Kier alpha value is -2.87. The highest BCUT2D eigenvalue weighted by Crippen LogP contribution is 2.19. The van der Waals surface area contributed by atoms with E-state index in [2.05, 4.69) is 9.64 Å². The summed E-state index contributed by atoms with van der Waals surface area (Å²) < 4.78 is 28.8. The second-order valence-electron chi connectivity index (χ2n) is 7.22. The normalized spacial score (nSPS) is 15.4. The Balaban J connectivity index is 1.44. The van der Waals surface area contributed by atoms with E-state index in [9.17, 15) is 18.7 Å². The highest BCUT2D eigenvalue weighted by Gasteiger charge is 2.23. The minimum absolute atomic E-state index is 0.102. The molecule has 1 atom stereocenters. The van der Waals surface area contributed by atoms with Crippen LogP contribution in [0.15, 0.2) is 48.5 Å². The number of ether oxygens (including phenoxy) is 1. The molecule has 1 aliphatic heterocycles. The van der Waals surface area contributed by atoms with Crippen molar-refractivity contribution >= 4 is 11.6 Å². The number of nitrogens with zero attached hydrogens (tertiary/aromatic N) is 2. The summed E-state index contributed by atoms with van der Waals surface area (Å²) >= 11 is 0. The van der Waals surface area contributed by atoms with Crippen LogP contribution in [0.1, 0.15) is 5.56 Å². The van der Waals surface area contributed by atoms with Gasteiger partial charge in [-0.3, -0.25) is 4.79 Å². The molecule has 1 aliphatic rings. The largest absolute Gasteiger partial charge is 0.508 e. The lowest BCUT2D eigenvalue weighted by Gasteiger charge is -2.36. The number of piperazine rings is 1. The van der Waals surface area contributed by atoms with Gasteiger partial charge in [0.1, 0.15) is 18.0 Å². The quantitative estimate of drug-likeness (QED) is 0.729. The van der Waals surface area contributed by atoms with E-state index in [1.807, 2.05) is 24.1 Å². The van der Waals surface area contributed by atoms with Gasteiger partial charge in [-0.2, -0.15) is 8.78 Å². The molecule has 1 fully saturated rings. The number of amides is 1. The molecule has 0 aromatic heterocycles. The average molecular weight is 406 g/mol. The molecule has 1 heterocycles. The average Bonchev–Trinajstić information content (AvgIpc) is 2.70. The van der Waals surface area contributed by atoms with Gasteiger partial charge in [0.05, 0.1) is 7.05 Å². The van der Waals surface area contributed by atoms with Gasteiger partial charge < -0.3 is 24.5 Å². The summed E-state index contributed by atoms with van der Waals surface area (Å²) in [4.78, 5) is 17.7. The summed E-state index contributed by atoms with van der Waals surface area (Å²) in [7, 11) is 1.94. The number of nitrogens with one attached hydrogen (secondary N) is 1. The molecule has 1 saturated heterocycles. The Morgan fingerprint density at radius 3 is 2.28 bits per heavy atom. The lowest BCUT2D eigenvalue weighted by molar-refractivity contribution is -0.885. The lowest BCUT2D eigenvalue weighted by atomic mass is 10.2. The molecule has 8 heteroatoms. The van der Waals surface area contributed by atoms with Crippen LogP contribution in [0.2, 0.25) is 0 Å². The number of likely N-dealkylation sites (N-methyl/N-ethyl adjacent to an activating group) is 1.